The number of methoxy groups -OCH3 is 2. The Kier molecular flexibility index (Phi) is 6.97. The summed E-state index contributed by atoms with van der Waals surface area (Å²) in [7, 11) is 3.14. The summed E-state index contributed by atoms with van der Waals surface area (Å²) < 4.78 is 11.1. The van der Waals surface area contributed by atoms with Gasteiger partial charge in [0.25, 0.3) is 0 Å². The average Bonchev–Trinajstić information content (AvgIpc) is 2.29. The van der Waals surface area contributed by atoms with Crippen LogP contribution in [0.25, 0.3) is 0 Å². The van der Waals surface area contributed by atoms with Crippen molar-refractivity contribution in [3.05, 3.63) is 22.2 Å². The standard InChI is InChI=1S/C11H13BrN2O2.ClH/c1-15-9-5-7(8(14)3-4-13)6-10(16-2)11(9)12;/h5-6,8H,3,14H2,1-2H3;1H/t8-;/m1./s1. The number of rotatable bonds is 4. The van der Waals surface area contributed by atoms with Crippen LogP contribution in [0.3, 0.4) is 0 Å². The van der Waals surface area contributed by atoms with Crippen LogP contribution < -0.4 is 15.2 Å². The second-order valence-electron chi connectivity index (χ2n) is 3.21. The Bertz CT molecular complexity index is 395. The normalized spacial score (nSPS) is 11.0. The minimum atomic E-state index is -0.333. The van der Waals surface area contributed by atoms with Gasteiger partial charge >= 0.3 is 0 Å². The van der Waals surface area contributed by atoms with Gasteiger partial charge in [-0.3, -0.25) is 0 Å². The monoisotopic (exact) mass is 320 g/mol. The fourth-order valence-corrected chi connectivity index (χ4v) is 1.87. The molecule has 6 heteroatoms. The van der Waals surface area contributed by atoms with Crippen molar-refractivity contribution in [2.75, 3.05) is 14.2 Å². The molecule has 0 aromatic heterocycles. The molecule has 0 aliphatic carbocycles. The Morgan fingerprint density at radius 2 is 1.82 bits per heavy atom. The van der Waals surface area contributed by atoms with Crippen LogP contribution in [0.2, 0.25) is 0 Å². The van der Waals surface area contributed by atoms with Gasteiger partial charge in [0.2, 0.25) is 0 Å². The largest absolute Gasteiger partial charge is 0.495 e. The van der Waals surface area contributed by atoms with E-state index in [0.717, 1.165) is 10.0 Å². The minimum Gasteiger partial charge on any atom is -0.495 e. The summed E-state index contributed by atoms with van der Waals surface area (Å²) in [5, 5.41) is 8.60. The number of nitrogens with zero attached hydrogens (tertiary/aromatic N) is 1. The van der Waals surface area contributed by atoms with E-state index in [2.05, 4.69) is 15.9 Å². The number of benzene rings is 1. The smallest absolute Gasteiger partial charge is 0.137 e. The topological polar surface area (TPSA) is 68.3 Å². The van der Waals surface area contributed by atoms with Crippen LogP contribution in [0.4, 0.5) is 0 Å². The van der Waals surface area contributed by atoms with Crippen molar-refractivity contribution >= 4 is 28.3 Å². The zero-order valence-electron chi connectivity index (χ0n) is 9.57. The lowest BCUT2D eigenvalue weighted by atomic mass is 10.0. The number of nitrogens with two attached hydrogens (primary N) is 1. The summed E-state index contributed by atoms with van der Waals surface area (Å²) in [6.07, 6.45) is 0.258. The van der Waals surface area contributed by atoms with E-state index in [4.69, 9.17) is 20.5 Å². The molecule has 1 atom stereocenters. The highest BCUT2D eigenvalue weighted by molar-refractivity contribution is 9.10. The van der Waals surface area contributed by atoms with Gasteiger partial charge in [-0.25, -0.2) is 0 Å². The van der Waals surface area contributed by atoms with Gasteiger partial charge in [0, 0.05) is 6.04 Å². The number of hydrogen-bond acceptors (Lipinski definition) is 4. The Morgan fingerprint density at radius 1 is 1.35 bits per heavy atom. The molecule has 2 N–H and O–H groups in total. The number of hydrogen-bond donors (Lipinski definition) is 1. The van der Waals surface area contributed by atoms with Crippen LogP contribution in [0.5, 0.6) is 11.5 Å². The minimum absolute atomic E-state index is 0. The molecule has 0 heterocycles. The average molecular weight is 322 g/mol. The van der Waals surface area contributed by atoms with E-state index in [1.807, 2.05) is 6.07 Å². The molecule has 0 fully saturated rings. The second kappa shape index (κ2) is 7.38. The molecule has 1 aromatic rings. The van der Waals surface area contributed by atoms with E-state index in [0.29, 0.717) is 11.5 Å². The Morgan fingerprint density at radius 3 is 2.18 bits per heavy atom. The molecular weight excluding hydrogens is 307 g/mol. The van der Waals surface area contributed by atoms with Crippen LogP contribution >= 0.6 is 28.3 Å². The third-order valence-electron chi connectivity index (χ3n) is 2.21. The molecule has 94 valence electrons. The van der Waals surface area contributed by atoms with Crippen molar-refractivity contribution in [3.8, 4) is 17.6 Å². The maximum Gasteiger partial charge on any atom is 0.137 e. The van der Waals surface area contributed by atoms with E-state index in [1.165, 1.54) is 0 Å². The van der Waals surface area contributed by atoms with Crippen LogP contribution in [0.1, 0.15) is 18.0 Å². The lowest BCUT2D eigenvalue weighted by Crippen LogP contribution is -2.09. The molecule has 0 aliphatic heterocycles. The fourth-order valence-electron chi connectivity index (χ4n) is 1.32. The molecule has 1 rings (SSSR count). The predicted octanol–water partition coefficient (Wildman–Crippen LogP) is 2.80. The number of halogens is 2. The first-order valence-corrected chi connectivity index (χ1v) is 5.47. The van der Waals surface area contributed by atoms with Crippen molar-refractivity contribution in [2.45, 2.75) is 12.5 Å². The lowest BCUT2D eigenvalue weighted by Gasteiger charge is -2.14. The Labute approximate surface area is 115 Å². The highest BCUT2D eigenvalue weighted by Gasteiger charge is 2.13. The van der Waals surface area contributed by atoms with E-state index in [1.54, 1.807) is 26.4 Å². The molecule has 0 saturated carbocycles. The van der Waals surface area contributed by atoms with Gasteiger partial charge in [-0.05, 0) is 33.6 Å². The first-order chi connectivity index (χ1) is 7.63. The Hall–Kier alpha value is -0.960. The van der Waals surface area contributed by atoms with Gasteiger partial charge in [-0.1, -0.05) is 0 Å². The highest BCUT2D eigenvalue weighted by atomic mass is 79.9. The zero-order valence-corrected chi connectivity index (χ0v) is 12.0. The summed E-state index contributed by atoms with van der Waals surface area (Å²) in [5.41, 5.74) is 6.67. The molecule has 0 bridgehead atoms. The first-order valence-electron chi connectivity index (χ1n) is 4.68. The SMILES string of the molecule is COc1cc([C@H](N)CC#N)cc(OC)c1Br.Cl. The van der Waals surface area contributed by atoms with E-state index in [9.17, 15) is 0 Å². The van der Waals surface area contributed by atoms with Gasteiger partial charge in [0.1, 0.15) is 16.0 Å². The first kappa shape index (κ1) is 16.0. The highest BCUT2D eigenvalue weighted by Crippen LogP contribution is 2.37. The summed E-state index contributed by atoms with van der Waals surface area (Å²) in [4.78, 5) is 0. The molecule has 0 radical (unpaired) electrons. The third kappa shape index (κ3) is 3.77. The molecule has 0 amide bonds. The van der Waals surface area contributed by atoms with Gasteiger partial charge in [-0.15, -0.1) is 12.4 Å². The fraction of sp³-hybridized carbons (Fsp3) is 0.364. The van der Waals surface area contributed by atoms with Crippen LogP contribution in [-0.4, -0.2) is 14.2 Å². The molecule has 17 heavy (non-hydrogen) atoms. The Balaban J connectivity index is 0.00000256. The molecule has 4 nitrogen and oxygen atoms in total. The van der Waals surface area contributed by atoms with Crippen molar-refractivity contribution in [1.82, 2.24) is 0 Å². The lowest BCUT2D eigenvalue weighted by molar-refractivity contribution is 0.388. The van der Waals surface area contributed by atoms with Crippen molar-refractivity contribution in [3.63, 3.8) is 0 Å². The van der Waals surface area contributed by atoms with E-state index >= 15 is 0 Å². The summed E-state index contributed by atoms with van der Waals surface area (Å²) in [6.45, 7) is 0. The second-order valence-corrected chi connectivity index (χ2v) is 4.00. The van der Waals surface area contributed by atoms with Crippen LogP contribution in [0, 0.1) is 11.3 Å². The zero-order chi connectivity index (χ0) is 12.1. The van der Waals surface area contributed by atoms with Gasteiger partial charge < -0.3 is 15.2 Å². The van der Waals surface area contributed by atoms with Gasteiger partial charge in [0.05, 0.1) is 26.7 Å². The quantitative estimate of drug-likeness (QED) is 0.926. The maximum absolute atomic E-state index is 8.60. The summed E-state index contributed by atoms with van der Waals surface area (Å²) >= 11 is 3.37. The molecule has 0 unspecified atom stereocenters. The molecule has 0 saturated heterocycles. The molecule has 1 aromatic carbocycles. The summed E-state index contributed by atoms with van der Waals surface area (Å²) in [5.74, 6) is 1.28. The molecule has 0 spiro atoms. The van der Waals surface area contributed by atoms with E-state index < -0.39 is 0 Å². The van der Waals surface area contributed by atoms with Crippen molar-refractivity contribution < 1.29 is 9.47 Å². The number of ether oxygens (including phenoxy) is 2. The maximum atomic E-state index is 8.60. The molecule has 0 aliphatic rings. The van der Waals surface area contributed by atoms with Crippen molar-refractivity contribution in [1.29, 1.82) is 5.26 Å². The van der Waals surface area contributed by atoms with Gasteiger partial charge in [-0.2, -0.15) is 5.26 Å². The van der Waals surface area contributed by atoms with Crippen molar-refractivity contribution in [2.24, 2.45) is 5.73 Å². The van der Waals surface area contributed by atoms with Crippen LogP contribution in [0.15, 0.2) is 16.6 Å². The molecular formula is C11H14BrClN2O2. The predicted molar refractivity (Wildman–Crippen MR) is 71.7 cm³/mol. The third-order valence-corrected chi connectivity index (χ3v) is 2.99. The number of nitriles is 1. The summed E-state index contributed by atoms with van der Waals surface area (Å²) in [6, 6.07) is 5.31. The van der Waals surface area contributed by atoms with E-state index in [-0.39, 0.29) is 24.9 Å². The van der Waals surface area contributed by atoms with Crippen LogP contribution in [-0.2, 0) is 0 Å². The van der Waals surface area contributed by atoms with Gasteiger partial charge in [0.15, 0.2) is 0 Å².